The van der Waals surface area contributed by atoms with Crippen LogP contribution in [0.15, 0.2) is 0 Å². The Bertz CT molecular complexity index is 218. The molecule has 2 amide bonds. The topological polar surface area (TPSA) is 84.2 Å². The van der Waals surface area contributed by atoms with E-state index in [-0.39, 0.29) is 24.2 Å². The van der Waals surface area contributed by atoms with E-state index < -0.39 is 0 Å². The predicted molar refractivity (Wildman–Crippen MR) is 52.4 cm³/mol. The highest BCUT2D eigenvalue weighted by atomic mass is 16.2. The highest BCUT2D eigenvalue weighted by Crippen LogP contribution is 2.14. The third-order valence-electron chi connectivity index (χ3n) is 2.30. The number of amides is 2. The van der Waals surface area contributed by atoms with Crippen molar-refractivity contribution in [2.75, 3.05) is 19.6 Å². The van der Waals surface area contributed by atoms with Gasteiger partial charge in [-0.05, 0) is 12.8 Å². The van der Waals surface area contributed by atoms with Gasteiger partial charge in [0.25, 0.3) is 0 Å². The van der Waals surface area contributed by atoms with Crippen LogP contribution in [-0.2, 0) is 9.59 Å². The Morgan fingerprint density at radius 2 is 2.43 bits per heavy atom. The Morgan fingerprint density at radius 3 is 3.07 bits per heavy atom. The normalized spacial score (nSPS) is 21.5. The number of carbonyl (C=O) groups excluding carboxylic acids is 2. The fourth-order valence-corrected chi connectivity index (χ4v) is 1.54. The predicted octanol–water partition coefficient (Wildman–Crippen LogP) is -1.02. The lowest BCUT2D eigenvalue weighted by Crippen LogP contribution is -2.39. The monoisotopic (exact) mass is 199 g/mol. The fourth-order valence-electron chi connectivity index (χ4n) is 1.54. The molecule has 0 saturated carbocycles. The zero-order valence-corrected chi connectivity index (χ0v) is 8.21. The van der Waals surface area contributed by atoms with Crippen molar-refractivity contribution >= 4 is 11.8 Å². The van der Waals surface area contributed by atoms with E-state index in [4.69, 9.17) is 5.73 Å². The molecule has 80 valence electrons. The molecule has 0 aromatic carbocycles. The van der Waals surface area contributed by atoms with Crippen LogP contribution in [0.25, 0.3) is 0 Å². The Balaban J connectivity index is 2.27. The van der Waals surface area contributed by atoms with Crippen LogP contribution in [0, 0.1) is 5.92 Å². The molecule has 0 spiro atoms. The van der Waals surface area contributed by atoms with Crippen molar-refractivity contribution in [1.82, 2.24) is 10.6 Å². The Kier molecular flexibility index (Phi) is 4.39. The highest BCUT2D eigenvalue weighted by Gasteiger charge is 2.24. The van der Waals surface area contributed by atoms with Gasteiger partial charge in [0.1, 0.15) is 0 Å². The van der Waals surface area contributed by atoms with Gasteiger partial charge in [-0.1, -0.05) is 0 Å². The molecule has 1 aliphatic rings. The summed E-state index contributed by atoms with van der Waals surface area (Å²) in [6.07, 6.45) is 2.05. The second-order valence-electron chi connectivity index (χ2n) is 3.47. The lowest BCUT2D eigenvalue weighted by Gasteiger charge is -2.21. The first-order valence-corrected chi connectivity index (χ1v) is 4.98. The third-order valence-corrected chi connectivity index (χ3v) is 2.30. The number of hydrogen-bond donors (Lipinski definition) is 3. The van der Waals surface area contributed by atoms with Gasteiger partial charge in [-0.15, -0.1) is 0 Å². The number of carbonyl (C=O) groups is 2. The van der Waals surface area contributed by atoms with E-state index in [2.05, 4.69) is 10.6 Å². The minimum Gasteiger partial charge on any atom is -0.356 e. The second-order valence-corrected chi connectivity index (χ2v) is 3.47. The Morgan fingerprint density at radius 1 is 1.64 bits per heavy atom. The van der Waals surface area contributed by atoms with Crippen molar-refractivity contribution in [3.05, 3.63) is 0 Å². The average molecular weight is 199 g/mol. The van der Waals surface area contributed by atoms with Gasteiger partial charge in [0.15, 0.2) is 0 Å². The summed E-state index contributed by atoms with van der Waals surface area (Å²) in [5, 5.41) is 5.41. The molecule has 1 atom stereocenters. The highest BCUT2D eigenvalue weighted by molar-refractivity contribution is 5.86. The Hall–Kier alpha value is -1.10. The summed E-state index contributed by atoms with van der Waals surface area (Å²) in [7, 11) is 0. The number of nitrogens with one attached hydrogen (secondary N) is 2. The van der Waals surface area contributed by atoms with Crippen LogP contribution in [0.3, 0.4) is 0 Å². The van der Waals surface area contributed by atoms with Crippen LogP contribution < -0.4 is 16.4 Å². The maximum absolute atomic E-state index is 11.3. The number of piperidine rings is 1. The van der Waals surface area contributed by atoms with Crippen LogP contribution in [0.2, 0.25) is 0 Å². The molecule has 5 nitrogen and oxygen atoms in total. The summed E-state index contributed by atoms with van der Waals surface area (Å²) in [6.45, 7) is 1.65. The molecule has 1 heterocycles. The van der Waals surface area contributed by atoms with Gasteiger partial charge in [-0.2, -0.15) is 0 Å². The van der Waals surface area contributed by atoms with Crippen LogP contribution in [0.1, 0.15) is 19.3 Å². The number of nitrogens with two attached hydrogens (primary N) is 1. The van der Waals surface area contributed by atoms with Gasteiger partial charge in [0.2, 0.25) is 11.8 Å². The maximum Gasteiger partial charge on any atom is 0.223 e. The van der Waals surface area contributed by atoms with Crippen molar-refractivity contribution < 1.29 is 9.59 Å². The summed E-state index contributed by atoms with van der Waals surface area (Å²) in [4.78, 5) is 22.6. The van der Waals surface area contributed by atoms with Gasteiger partial charge in [-0.3, -0.25) is 9.59 Å². The van der Waals surface area contributed by atoms with E-state index in [9.17, 15) is 9.59 Å². The van der Waals surface area contributed by atoms with Crippen molar-refractivity contribution in [2.45, 2.75) is 19.3 Å². The van der Waals surface area contributed by atoms with Crippen molar-refractivity contribution in [2.24, 2.45) is 11.7 Å². The van der Waals surface area contributed by atoms with Gasteiger partial charge in [0, 0.05) is 32.0 Å². The average Bonchev–Trinajstić information content (AvgIpc) is 2.18. The molecule has 0 aliphatic carbocycles. The lowest BCUT2D eigenvalue weighted by molar-refractivity contribution is -0.131. The smallest absolute Gasteiger partial charge is 0.223 e. The van der Waals surface area contributed by atoms with E-state index in [1.54, 1.807) is 0 Å². The molecule has 0 radical (unpaired) electrons. The standard InChI is InChI=1S/C9H17N3O2/c10-3-5-11-8(13)6-7-2-1-4-12-9(7)14/h7H,1-6,10H2,(H,11,13)(H,12,14). The minimum absolute atomic E-state index is 0.000788. The molecule has 1 unspecified atom stereocenters. The zero-order chi connectivity index (χ0) is 10.4. The third kappa shape index (κ3) is 3.33. The summed E-state index contributed by atoms with van der Waals surface area (Å²) >= 11 is 0. The summed E-state index contributed by atoms with van der Waals surface area (Å²) in [5.74, 6) is -0.238. The molecular formula is C9H17N3O2. The van der Waals surface area contributed by atoms with Crippen LogP contribution in [0.4, 0.5) is 0 Å². The van der Waals surface area contributed by atoms with Gasteiger partial charge in [-0.25, -0.2) is 0 Å². The molecular weight excluding hydrogens is 182 g/mol. The number of hydrogen-bond acceptors (Lipinski definition) is 3. The van der Waals surface area contributed by atoms with Gasteiger partial charge in [0.05, 0.1) is 0 Å². The van der Waals surface area contributed by atoms with Gasteiger partial charge < -0.3 is 16.4 Å². The van der Waals surface area contributed by atoms with E-state index in [1.165, 1.54) is 0 Å². The second kappa shape index (κ2) is 5.59. The van der Waals surface area contributed by atoms with Crippen molar-refractivity contribution in [3.8, 4) is 0 Å². The van der Waals surface area contributed by atoms with Crippen LogP contribution in [0.5, 0.6) is 0 Å². The zero-order valence-electron chi connectivity index (χ0n) is 8.21. The fraction of sp³-hybridized carbons (Fsp3) is 0.778. The van der Waals surface area contributed by atoms with E-state index in [0.29, 0.717) is 13.1 Å². The SMILES string of the molecule is NCCNC(=O)CC1CCCNC1=O. The molecule has 0 aromatic rings. The maximum atomic E-state index is 11.3. The molecule has 4 N–H and O–H groups in total. The molecule has 14 heavy (non-hydrogen) atoms. The molecule has 1 saturated heterocycles. The molecule has 1 fully saturated rings. The largest absolute Gasteiger partial charge is 0.356 e. The quantitative estimate of drug-likeness (QED) is 0.541. The molecule has 1 aliphatic heterocycles. The summed E-state index contributed by atoms with van der Waals surface area (Å²) < 4.78 is 0. The first kappa shape index (κ1) is 11.0. The Labute approximate surface area is 83.4 Å². The van der Waals surface area contributed by atoms with Crippen molar-refractivity contribution in [3.63, 3.8) is 0 Å². The van der Waals surface area contributed by atoms with Crippen LogP contribution >= 0.6 is 0 Å². The van der Waals surface area contributed by atoms with E-state index in [1.807, 2.05) is 0 Å². The molecule has 0 bridgehead atoms. The van der Waals surface area contributed by atoms with E-state index in [0.717, 1.165) is 19.4 Å². The summed E-state index contributed by atoms with van der Waals surface area (Å²) in [6, 6.07) is 0. The lowest BCUT2D eigenvalue weighted by atomic mass is 9.95. The van der Waals surface area contributed by atoms with Gasteiger partial charge >= 0.3 is 0 Å². The minimum atomic E-state index is -0.151. The van der Waals surface area contributed by atoms with E-state index >= 15 is 0 Å². The van der Waals surface area contributed by atoms with Crippen molar-refractivity contribution in [1.29, 1.82) is 0 Å². The molecule has 1 rings (SSSR count). The summed E-state index contributed by atoms with van der Waals surface area (Å²) in [5.41, 5.74) is 5.24. The first-order valence-electron chi connectivity index (χ1n) is 4.98. The van der Waals surface area contributed by atoms with Crippen LogP contribution in [-0.4, -0.2) is 31.4 Å². The first-order chi connectivity index (χ1) is 6.74. The molecule has 5 heteroatoms. The molecule has 0 aromatic heterocycles. The number of rotatable bonds is 4.